The zero-order valence-electron chi connectivity index (χ0n) is 25.4. The molecule has 1 heterocycles. The average molecular weight is 551 g/mol. The summed E-state index contributed by atoms with van der Waals surface area (Å²) in [4.78, 5) is 40.5. The van der Waals surface area contributed by atoms with Crippen LogP contribution in [0.4, 0.5) is 0 Å². The molecule has 2 N–H and O–H groups in total. The molecule has 0 aliphatic heterocycles. The molecule has 10 atom stereocenters. The Labute approximate surface area is 237 Å². The Kier molecular flexibility index (Phi) is 5.76. The molecular weight excluding hydrogens is 504 g/mol. The molecule has 3 fully saturated rings. The second-order valence-corrected chi connectivity index (χ2v) is 15.4. The number of carboxylic acids is 1. The van der Waals surface area contributed by atoms with Gasteiger partial charge >= 0.3 is 11.9 Å². The van der Waals surface area contributed by atoms with Crippen LogP contribution in [0.2, 0.25) is 0 Å². The number of carbonyl (C=O) groups is 3. The Bertz CT molecular complexity index is 1350. The van der Waals surface area contributed by atoms with Gasteiger partial charge in [0.1, 0.15) is 5.41 Å². The van der Waals surface area contributed by atoms with Crippen molar-refractivity contribution in [1.82, 2.24) is 10.2 Å². The highest BCUT2D eigenvalue weighted by Gasteiger charge is 2.72. The predicted molar refractivity (Wildman–Crippen MR) is 151 cm³/mol. The number of nitrogens with one attached hydrogen (secondary N) is 1. The molecule has 1 aromatic rings. The molecule has 0 spiro atoms. The van der Waals surface area contributed by atoms with Crippen molar-refractivity contribution in [2.45, 2.75) is 98.8 Å². The van der Waals surface area contributed by atoms with Gasteiger partial charge in [0.25, 0.3) is 0 Å². The Balaban J connectivity index is 1.55. The van der Waals surface area contributed by atoms with Crippen LogP contribution >= 0.6 is 0 Å². The van der Waals surface area contributed by atoms with Gasteiger partial charge in [-0.2, -0.15) is 5.10 Å². The van der Waals surface area contributed by atoms with E-state index in [1.165, 1.54) is 25.5 Å². The highest BCUT2D eigenvalue weighted by molar-refractivity contribution is 5.96. The van der Waals surface area contributed by atoms with Crippen LogP contribution in [0.5, 0.6) is 0 Å². The summed E-state index contributed by atoms with van der Waals surface area (Å²) in [5.74, 6) is -0.344. The van der Waals surface area contributed by atoms with Gasteiger partial charge in [0.15, 0.2) is 11.5 Å². The number of ketones is 1. The topological polar surface area (TPSA) is 109 Å². The first kappa shape index (κ1) is 27.7. The van der Waals surface area contributed by atoms with Gasteiger partial charge < -0.3 is 9.84 Å². The number of aromatic carboxylic acids is 1. The number of methoxy groups -OCH3 is 1. The fraction of sp³-hybridized carbons (Fsp3) is 0.758. The van der Waals surface area contributed by atoms with E-state index in [0.29, 0.717) is 35.4 Å². The van der Waals surface area contributed by atoms with Crippen LogP contribution in [-0.2, 0) is 26.2 Å². The van der Waals surface area contributed by atoms with Crippen LogP contribution in [0.3, 0.4) is 0 Å². The Hall–Kier alpha value is -2.44. The number of rotatable bonds is 2. The SMILES string of the molecule is COC(=O)[C@@]1(C)c2[nH]nc(C(=O)O)c2C[C@@]2(C)[C@H]1CC[C@]1(C)[C@@H]2C(=O)C=C2[C@@H]3[C@@H](C)[C@H](C)CC[C@]3(C)CC[C@]21C. The summed E-state index contributed by atoms with van der Waals surface area (Å²) >= 11 is 0. The minimum atomic E-state index is -1.12. The lowest BCUT2D eigenvalue weighted by Gasteiger charge is -2.70. The number of carbonyl (C=O) groups excluding carboxylic acids is 2. The van der Waals surface area contributed by atoms with E-state index in [1.54, 1.807) is 0 Å². The third-order valence-corrected chi connectivity index (χ3v) is 13.9. The number of fused-ring (bicyclic) bond motifs is 8. The lowest BCUT2D eigenvalue weighted by atomic mass is 9.33. The van der Waals surface area contributed by atoms with Crippen LogP contribution in [0, 0.1) is 51.2 Å². The monoisotopic (exact) mass is 550 g/mol. The maximum absolute atomic E-state index is 14.6. The van der Waals surface area contributed by atoms with Gasteiger partial charge in [0, 0.05) is 11.5 Å². The van der Waals surface area contributed by atoms with Crippen LogP contribution in [0.15, 0.2) is 11.6 Å². The normalized spacial score (nSPS) is 47.5. The Morgan fingerprint density at radius 2 is 1.75 bits per heavy atom. The quantitative estimate of drug-likeness (QED) is 0.429. The van der Waals surface area contributed by atoms with E-state index in [9.17, 15) is 19.5 Å². The van der Waals surface area contributed by atoms with Crippen molar-refractivity contribution in [2.75, 3.05) is 7.11 Å². The largest absolute Gasteiger partial charge is 0.476 e. The lowest BCUT2D eigenvalue weighted by Crippen LogP contribution is -2.67. The molecule has 0 saturated heterocycles. The number of nitrogens with zero attached hydrogens (tertiary/aromatic N) is 1. The van der Waals surface area contributed by atoms with Crippen molar-refractivity contribution in [1.29, 1.82) is 0 Å². The van der Waals surface area contributed by atoms with Crippen LogP contribution in [0.25, 0.3) is 0 Å². The molecule has 1 aromatic heterocycles. The second kappa shape index (κ2) is 8.32. The van der Waals surface area contributed by atoms with E-state index in [2.05, 4.69) is 51.7 Å². The molecule has 0 radical (unpaired) electrons. The zero-order valence-corrected chi connectivity index (χ0v) is 25.4. The minimum Gasteiger partial charge on any atom is -0.476 e. The van der Waals surface area contributed by atoms with E-state index in [-0.39, 0.29) is 39.6 Å². The molecule has 0 bridgehead atoms. The van der Waals surface area contributed by atoms with E-state index in [1.807, 2.05) is 13.0 Å². The van der Waals surface area contributed by atoms with Crippen LogP contribution in [-0.4, -0.2) is 40.1 Å². The summed E-state index contributed by atoms with van der Waals surface area (Å²) in [7, 11) is 1.38. The number of H-pyrrole nitrogens is 1. The number of ether oxygens (including phenoxy) is 1. The third-order valence-electron chi connectivity index (χ3n) is 13.9. The van der Waals surface area contributed by atoms with Gasteiger partial charge in [-0.1, -0.05) is 47.1 Å². The first-order chi connectivity index (χ1) is 18.6. The molecule has 7 nitrogen and oxygen atoms in total. The second-order valence-electron chi connectivity index (χ2n) is 15.4. The van der Waals surface area contributed by atoms with Gasteiger partial charge in [0.2, 0.25) is 0 Å². The maximum atomic E-state index is 14.6. The van der Waals surface area contributed by atoms with Gasteiger partial charge in [-0.05, 0) is 103 Å². The van der Waals surface area contributed by atoms with Gasteiger partial charge in [0.05, 0.1) is 12.8 Å². The van der Waals surface area contributed by atoms with Crippen LogP contribution in [0.1, 0.15) is 109 Å². The first-order valence-corrected chi connectivity index (χ1v) is 15.3. The Morgan fingerprint density at radius 3 is 2.40 bits per heavy atom. The highest BCUT2D eigenvalue weighted by atomic mass is 16.5. The van der Waals surface area contributed by atoms with Crippen molar-refractivity contribution in [3.63, 3.8) is 0 Å². The maximum Gasteiger partial charge on any atom is 0.356 e. The number of hydrogen-bond acceptors (Lipinski definition) is 5. The molecule has 6 rings (SSSR count). The fourth-order valence-corrected chi connectivity index (χ4v) is 11.4. The summed E-state index contributed by atoms with van der Waals surface area (Å²) in [6.07, 6.45) is 8.72. The van der Waals surface area contributed by atoms with Gasteiger partial charge in [-0.15, -0.1) is 0 Å². The van der Waals surface area contributed by atoms with Crippen LogP contribution < -0.4 is 0 Å². The lowest BCUT2D eigenvalue weighted by molar-refractivity contribution is -0.182. The first-order valence-electron chi connectivity index (χ1n) is 15.3. The number of hydrogen-bond donors (Lipinski definition) is 2. The molecule has 5 aliphatic carbocycles. The molecule has 7 heteroatoms. The summed E-state index contributed by atoms with van der Waals surface area (Å²) in [5.41, 5.74) is 0.418. The van der Waals surface area contributed by atoms with Crippen molar-refractivity contribution >= 4 is 17.7 Å². The average Bonchev–Trinajstić information content (AvgIpc) is 3.31. The minimum absolute atomic E-state index is 0.0544. The van der Waals surface area contributed by atoms with E-state index >= 15 is 0 Å². The molecule has 0 unspecified atom stereocenters. The summed E-state index contributed by atoms with van der Waals surface area (Å²) < 4.78 is 5.37. The number of allylic oxidation sites excluding steroid dienone is 2. The van der Waals surface area contributed by atoms with Crippen molar-refractivity contribution in [3.8, 4) is 0 Å². The zero-order chi connectivity index (χ0) is 29.2. The summed E-state index contributed by atoms with van der Waals surface area (Å²) in [6, 6.07) is 0. The smallest absolute Gasteiger partial charge is 0.356 e. The van der Waals surface area contributed by atoms with Crippen molar-refractivity contribution in [2.24, 2.45) is 51.2 Å². The standard InChI is InChI=1S/C33H46N2O5/c1-17-9-11-29(3)13-14-31(5)20(23(29)18(17)2)15-21(36)25-30(4)16-19-24(27(37)38)34-35-26(19)33(7,28(39)40-8)22(30)10-12-32(25,31)6/h15,17-18,22-23,25H,9-14,16H2,1-8H3,(H,34,35)(H,37,38)/t17-,18+,22-,23+,25-,29-,30+,31-,32-,33-/m1/s1. The highest BCUT2D eigenvalue weighted by Crippen LogP contribution is 2.74. The van der Waals surface area contributed by atoms with E-state index < -0.39 is 22.8 Å². The van der Waals surface area contributed by atoms with Crippen molar-refractivity contribution in [3.05, 3.63) is 28.6 Å². The number of esters is 1. The summed E-state index contributed by atoms with van der Waals surface area (Å²) in [5, 5.41) is 17.1. The van der Waals surface area contributed by atoms with Crippen molar-refractivity contribution < 1.29 is 24.2 Å². The number of carboxylic acid groups (broad SMARTS) is 1. The summed E-state index contributed by atoms with van der Waals surface area (Å²) in [6.45, 7) is 16.0. The van der Waals surface area contributed by atoms with Gasteiger partial charge in [-0.3, -0.25) is 14.7 Å². The van der Waals surface area contributed by atoms with Gasteiger partial charge in [-0.25, -0.2) is 4.79 Å². The molecular formula is C33H46N2O5. The molecule has 5 aliphatic rings. The Morgan fingerprint density at radius 1 is 1.05 bits per heavy atom. The fourth-order valence-electron chi connectivity index (χ4n) is 11.4. The third kappa shape index (κ3) is 3.07. The molecule has 0 amide bonds. The number of aromatic amines is 1. The number of aromatic nitrogens is 2. The predicted octanol–water partition coefficient (Wildman–Crippen LogP) is 6.13. The molecule has 218 valence electrons. The molecule has 40 heavy (non-hydrogen) atoms. The molecule has 0 aromatic carbocycles. The van der Waals surface area contributed by atoms with E-state index in [0.717, 1.165) is 25.7 Å². The molecule has 3 saturated carbocycles. The van der Waals surface area contributed by atoms with E-state index in [4.69, 9.17) is 4.74 Å².